The first-order valence-corrected chi connectivity index (χ1v) is 5.05. The van der Waals surface area contributed by atoms with E-state index in [1.165, 1.54) is 0 Å². The first-order chi connectivity index (χ1) is 7.78. The average Bonchev–Trinajstić information content (AvgIpc) is 2.70. The van der Waals surface area contributed by atoms with Crippen LogP contribution in [0.5, 0.6) is 0 Å². The Morgan fingerprint density at radius 3 is 2.81 bits per heavy atom. The van der Waals surface area contributed by atoms with Crippen molar-refractivity contribution in [2.24, 2.45) is 0 Å². The summed E-state index contributed by atoms with van der Waals surface area (Å²) in [6, 6.07) is 7.67. The van der Waals surface area contributed by atoms with Crippen LogP contribution < -0.4 is 5.32 Å². The standard InChI is InChI=1S/C11H9ClN2O2/c12-9-3-1-8(2-4-9)5-10-6-13-11(16-10)14-7-15/h1-4,6-7H,5H2,(H,13,14,15). The monoisotopic (exact) mass is 236 g/mol. The number of rotatable bonds is 4. The van der Waals surface area contributed by atoms with E-state index >= 15 is 0 Å². The van der Waals surface area contributed by atoms with Gasteiger partial charge in [0, 0.05) is 11.4 Å². The summed E-state index contributed by atoms with van der Waals surface area (Å²) < 4.78 is 5.27. The van der Waals surface area contributed by atoms with Crippen molar-refractivity contribution in [2.75, 3.05) is 5.32 Å². The highest BCUT2D eigenvalue weighted by Crippen LogP contribution is 2.15. The van der Waals surface area contributed by atoms with Gasteiger partial charge in [0.2, 0.25) is 6.41 Å². The van der Waals surface area contributed by atoms with Crippen molar-refractivity contribution in [3.63, 3.8) is 0 Å². The SMILES string of the molecule is O=CNc1ncc(Cc2ccc(Cl)cc2)o1. The van der Waals surface area contributed by atoms with Crippen LogP contribution in [0.15, 0.2) is 34.9 Å². The first kappa shape index (κ1) is 10.7. The molecule has 4 nitrogen and oxygen atoms in total. The van der Waals surface area contributed by atoms with Gasteiger partial charge in [-0.25, -0.2) is 4.98 Å². The Morgan fingerprint density at radius 2 is 2.12 bits per heavy atom. The van der Waals surface area contributed by atoms with Crippen LogP contribution in [-0.2, 0) is 11.2 Å². The summed E-state index contributed by atoms with van der Waals surface area (Å²) >= 11 is 5.78. The number of anilines is 1. The minimum absolute atomic E-state index is 0.207. The van der Waals surface area contributed by atoms with Gasteiger partial charge in [-0.3, -0.25) is 10.1 Å². The highest BCUT2D eigenvalue weighted by molar-refractivity contribution is 6.30. The van der Waals surface area contributed by atoms with Gasteiger partial charge in [0.15, 0.2) is 0 Å². The van der Waals surface area contributed by atoms with Crippen molar-refractivity contribution in [3.05, 3.63) is 46.8 Å². The molecule has 1 aromatic heterocycles. The molecular formula is C11H9ClN2O2. The van der Waals surface area contributed by atoms with Gasteiger partial charge in [-0.15, -0.1) is 0 Å². The molecule has 0 atom stereocenters. The zero-order chi connectivity index (χ0) is 11.4. The van der Waals surface area contributed by atoms with Gasteiger partial charge in [0.25, 0.3) is 0 Å². The van der Waals surface area contributed by atoms with Crippen LogP contribution in [0.2, 0.25) is 5.02 Å². The topological polar surface area (TPSA) is 55.1 Å². The number of nitrogens with one attached hydrogen (secondary N) is 1. The lowest BCUT2D eigenvalue weighted by atomic mass is 10.1. The minimum atomic E-state index is 0.207. The minimum Gasteiger partial charge on any atom is -0.428 e. The fraction of sp³-hybridized carbons (Fsp3) is 0.0909. The number of halogens is 1. The number of oxazole rings is 1. The molecule has 0 bridgehead atoms. The number of benzene rings is 1. The van der Waals surface area contributed by atoms with Gasteiger partial charge in [0.05, 0.1) is 6.20 Å². The molecule has 2 aromatic rings. The van der Waals surface area contributed by atoms with E-state index in [1.807, 2.05) is 24.3 Å². The lowest BCUT2D eigenvalue weighted by Gasteiger charge is -1.97. The summed E-state index contributed by atoms with van der Waals surface area (Å²) in [6.07, 6.45) is 2.73. The number of nitrogens with zero attached hydrogens (tertiary/aromatic N) is 1. The molecule has 1 heterocycles. The molecule has 1 N–H and O–H groups in total. The van der Waals surface area contributed by atoms with E-state index < -0.39 is 0 Å². The second-order valence-corrected chi connectivity index (χ2v) is 3.63. The van der Waals surface area contributed by atoms with Gasteiger partial charge in [0.1, 0.15) is 5.76 Å². The number of amides is 1. The summed E-state index contributed by atoms with van der Waals surface area (Å²) in [4.78, 5) is 14.0. The zero-order valence-electron chi connectivity index (χ0n) is 8.31. The molecule has 2 rings (SSSR count). The molecule has 0 aliphatic carbocycles. The van der Waals surface area contributed by atoms with Crippen molar-refractivity contribution >= 4 is 24.0 Å². The Balaban J connectivity index is 2.08. The van der Waals surface area contributed by atoms with E-state index in [1.54, 1.807) is 6.20 Å². The number of aromatic nitrogens is 1. The van der Waals surface area contributed by atoms with Crippen LogP contribution in [0, 0.1) is 0 Å². The normalized spacial score (nSPS) is 10.1. The Kier molecular flexibility index (Phi) is 3.22. The molecule has 0 spiro atoms. The maximum absolute atomic E-state index is 10.2. The quantitative estimate of drug-likeness (QED) is 0.830. The van der Waals surface area contributed by atoms with Crippen LogP contribution in [0.25, 0.3) is 0 Å². The zero-order valence-corrected chi connectivity index (χ0v) is 9.07. The van der Waals surface area contributed by atoms with Crippen LogP contribution in [-0.4, -0.2) is 11.4 Å². The predicted octanol–water partition coefficient (Wildman–Crippen LogP) is 2.49. The van der Waals surface area contributed by atoms with Crippen molar-refractivity contribution in [1.29, 1.82) is 0 Å². The fourth-order valence-electron chi connectivity index (χ4n) is 1.31. The molecule has 0 saturated carbocycles. The average molecular weight is 237 g/mol. The Morgan fingerprint density at radius 1 is 1.38 bits per heavy atom. The third-order valence-corrected chi connectivity index (χ3v) is 2.28. The predicted molar refractivity (Wildman–Crippen MR) is 60.4 cm³/mol. The van der Waals surface area contributed by atoms with Crippen molar-refractivity contribution in [3.8, 4) is 0 Å². The summed E-state index contributed by atoms with van der Waals surface area (Å²) in [7, 11) is 0. The largest absolute Gasteiger partial charge is 0.428 e. The maximum atomic E-state index is 10.2. The first-order valence-electron chi connectivity index (χ1n) is 4.67. The van der Waals surface area contributed by atoms with E-state index in [0.29, 0.717) is 23.6 Å². The van der Waals surface area contributed by atoms with E-state index in [2.05, 4.69) is 10.3 Å². The molecule has 0 radical (unpaired) electrons. The Hall–Kier alpha value is -1.81. The molecule has 0 saturated heterocycles. The van der Waals surface area contributed by atoms with Gasteiger partial charge in [-0.1, -0.05) is 23.7 Å². The lowest BCUT2D eigenvalue weighted by molar-refractivity contribution is -0.105. The van der Waals surface area contributed by atoms with Crippen molar-refractivity contribution < 1.29 is 9.21 Å². The molecular weight excluding hydrogens is 228 g/mol. The smallest absolute Gasteiger partial charge is 0.301 e. The van der Waals surface area contributed by atoms with Crippen LogP contribution in [0.4, 0.5) is 6.01 Å². The number of carbonyl (C=O) groups is 1. The summed E-state index contributed by atoms with van der Waals surface area (Å²) in [5.74, 6) is 0.687. The van der Waals surface area contributed by atoms with E-state index in [0.717, 1.165) is 5.56 Å². The summed E-state index contributed by atoms with van der Waals surface area (Å²) in [5.41, 5.74) is 1.07. The number of hydrogen-bond acceptors (Lipinski definition) is 3. The van der Waals surface area contributed by atoms with E-state index in [4.69, 9.17) is 16.0 Å². The molecule has 1 amide bonds. The van der Waals surface area contributed by atoms with Crippen molar-refractivity contribution in [1.82, 2.24) is 4.98 Å². The fourth-order valence-corrected chi connectivity index (χ4v) is 1.44. The van der Waals surface area contributed by atoms with Crippen molar-refractivity contribution in [2.45, 2.75) is 6.42 Å². The maximum Gasteiger partial charge on any atom is 0.301 e. The third kappa shape index (κ3) is 2.61. The van der Waals surface area contributed by atoms with Gasteiger partial charge in [-0.05, 0) is 17.7 Å². The van der Waals surface area contributed by atoms with Gasteiger partial charge in [-0.2, -0.15) is 0 Å². The van der Waals surface area contributed by atoms with Gasteiger partial charge < -0.3 is 4.42 Å². The highest BCUT2D eigenvalue weighted by Gasteiger charge is 2.03. The summed E-state index contributed by atoms with van der Waals surface area (Å²) in [6.45, 7) is 0. The van der Waals surface area contributed by atoms with Crippen LogP contribution in [0.3, 0.4) is 0 Å². The number of hydrogen-bond donors (Lipinski definition) is 1. The third-order valence-electron chi connectivity index (χ3n) is 2.03. The second-order valence-electron chi connectivity index (χ2n) is 3.20. The lowest BCUT2D eigenvalue weighted by Crippen LogP contribution is -1.92. The molecule has 1 aromatic carbocycles. The molecule has 0 aliphatic heterocycles. The highest BCUT2D eigenvalue weighted by atomic mass is 35.5. The summed E-state index contributed by atoms with van der Waals surface area (Å²) in [5, 5.41) is 3.04. The molecule has 0 aliphatic rings. The Labute approximate surface area is 97.2 Å². The molecule has 0 unspecified atom stereocenters. The van der Waals surface area contributed by atoms with Gasteiger partial charge >= 0.3 is 6.01 Å². The van der Waals surface area contributed by atoms with Crippen LogP contribution >= 0.6 is 11.6 Å². The Bertz CT molecular complexity index is 479. The molecule has 5 heteroatoms. The molecule has 82 valence electrons. The molecule has 0 fully saturated rings. The van der Waals surface area contributed by atoms with Crippen LogP contribution in [0.1, 0.15) is 11.3 Å². The van der Waals surface area contributed by atoms with E-state index in [9.17, 15) is 4.79 Å². The number of carbonyl (C=O) groups excluding carboxylic acids is 1. The molecule has 16 heavy (non-hydrogen) atoms. The second kappa shape index (κ2) is 4.81. The van der Waals surface area contributed by atoms with E-state index in [-0.39, 0.29) is 6.01 Å².